The topological polar surface area (TPSA) is 62.5 Å². The predicted octanol–water partition coefficient (Wildman–Crippen LogP) is 8.40. The number of hydrogen-bond acceptors (Lipinski definition) is 4. The molecule has 1 N–H and O–H groups in total. The van der Waals surface area contributed by atoms with E-state index in [0.29, 0.717) is 18.6 Å². The fraction of sp³-hybridized carbons (Fsp3) is 0.759. The van der Waals surface area contributed by atoms with E-state index in [0.717, 1.165) is 32.1 Å². The van der Waals surface area contributed by atoms with Crippen LogP contribution in [0.1, 0.15) is 114 Å². The molecular weight excluding hydrogens is 486 g/mol. The maximum atomic E-state index is 13.5. The van der Waals surface area contributed by atoms with Crippen LogP contribution in [-0.4, -0.2) is 37.2 Å². The van der Waals surface area contributed by atoms with Crippen molar-refractivity contribution >= 4 is 0 Å². The number of aliphatic hydroxyl groups is 1. The lowest BCUT2D eigenvalue weighted by atomic mass is 10.0. The molecule has 4 nitrogen and oxygen atoms in total. The van der Waals surface area contributed by atoms with Crippen molar-refractivity contribution in [2.75, 3.05) is 19.8 Å². The monoisotopic (exact) mass is 531 g/mol. The number of ether oxygens (including phenoxy) is 2. The molecule has 0 aromatic heterocycles. The van der Waals surface area contributed by atoms with Crippen LogP contribution in [0.3, 0.4) is 0 Å². The minimum Gasteiger partial charge on any atom is -0.394 e. The van der Waals surface area contributed by atoms with Crippen molar-refractivity contribution in [2.45, 2.75) is 122 Å². The van der Waals surface area contributed by atoms with Gasteiger partial charge in [-0.25, -0.2) is 4.39 Å². The molecule has 0 spiro atoms. The second kappa shape index (κ2) is 21.3. The van der Waals surface area contributed by atoms with Gasteiger partial charge in [0.05, 0.1) is 31.5 Å². The fourth-order valence-electron chi connectivity index (χ4n) is 4.21. The predicted molar refractivity (Wildman–Crippen MR) is 138 cm³/mol. The molecular formula is C29H45F4NO3. The van der Waals surface area contributed by atoms with Gasteiger partial charge in [0.15, 0.2) is 0 Å². The Labute approximate surface area is 220 Å². The van der Waals surface area contributed by atoms with Crippen LogP contribution in [0.25, 0.3) is 0 Å². The number of halogens is 4. The van der Waals surface area contributed by atoms with E-state index in [4.69, 9.17) is 14.7 Å². The van der Waals surface area contributed by atoms with Crippen molar-refractivity contribution in [3.8, 4) is 6.07 Å². The molecule has 0 heterocycles. The molecule has 0 aliphatic heterocycles. The molecule has 0 aliphatic rings. The Morgan fingerprint density at radius 3 is 1.78 bits per heavy atom. The van der Waals surface area contributed by atoms with E-state index in [1.54, 1.807) is 6.07 Å². The lowest BCUT2D eigenvalue weighted by Crippen LogP contribution is -2.24. The third kappa shape index (κ3) is 20.0. The van der Waals surface area contributed by atoms with Crippen LogP contribution in [0.2, 0.25) is 0 Å². The highest BCUT2D eigenvalue weighted by atomic mass is 19.4. The van der Waals surface area contributed by atoms with Crippen molar-refractivity contribution in [1.82, 2.24) is 0 Å². The average molecular weight is 532 g/mol. The third-order valence-corrected chi connectivity index (χ3v) is 6.33. The maximum absolute atomic E-state index is 13.5. The molecule has 0 aliphatic carbocycles. The van der Waals surface area contributed by atoms with E-state index in [1.165, 1.54) is 63.5 Å². The molecule has 1 rings (SSSR count). The van der Waals surface area contributed by atoms with Crippen LogP contribution in [-0.2, 0) is 16.1 Å². The number of alkyl halides is 3. The van der Waals surface area contributed by atoms with E-state index in [1.807, 2.05) is 6.07 Å². The van der Waals surface area contributed by atoms with Gasteiger partial charge in [-0.2, -0.15) is 18.4 Å². The molecule has 0 bridgehead atoms. The summed E-state index contributed by atoms with van der Waals surface area (Å²) in [5, 5.41) is 18.4. The van der Waals surface area contributed by atoms with Gasteiger partial charge in [0.1, 0.15) is 11.9 Å². The number of rotatable bonds is 23. The number of unbranched alkanes of at least 4 members (excludes halogenated alkanes) is 14. The number of nitriles is 1. The molecule has 1 aromatic carbocycles. The number of benzene rings is 1. The van der Waals surface area contributed by atoms with E-state index in [9.17, 15) is 22.7 Å². The van der Waals surface area contributed by atoms with Crippen molar-refractivity contribution < 1.29 is 32.1 Å². The summed E-state index contributed by atoms with van der Waals surface area (Å²) in [5.74, 6) is -0.485. The van der Waals surface area contributed by atoms with Crippen LogP contribution in [0.5, 0.6) is 0 Å². The van der Waals surface area contributed by atoms with Gasteiger partial charge in [-0.15, -0.1) is 0 Å². The zero-order chi connectivity index (χ0) is 27.2. The maximum Gasteiger partial charge on any atom is 0.389 e. The standard InChI is InChI=1S/C29H45F4NO3/c30-27-19-25(21-34)18-26(20-27)23-37-28(22-35)24-36-17-15-13-11-9-7-5-3-1-2-4-6-8-10-12-14-16-29(31,32)33/h18-20,28,35H,1-17,22-24H2/t28-/m0/s1. The lowest BCUT2D eigenvalue weighted by Gasteiger charge is -2.16. The quantitative estimate of drug-likeness (QED) is 0.114. The van der Waals surface area contributed by atoms with Crippen LogP contribution >= 0.6 is 0 Å². The van der Waals surface area contributed by atoms with Gasteiger partial charge in [0, 0.05) is 13.0 Å². The Balaban J connectivity index is 1.86. The van der Waals surface area contributed by atoms with Crippen molar-refractivity contribution in [2.24, 2.45) is 0 Å². The summed E-state index contributed by atoms with van der Waals surface area (Å²) in [5.41, 5.74) is 0.785. The smallest absolute Gasteiger partial charge is 0.389 e. The zero-order valence-electron chi connectivity index (χ0n) is 22.2. The second-order valence-electron chi connectivity index (χ2n) is 9.82. The molecule has 0 unspecified atom stereocenters. The summed E-state index contributed by atoms with van der Waals surface area (Å²) in [4.78, 5) is 0. The van der Waals surface area contributed by atoms with Gasteiger partial charge >= 0.3 is 6.18 Å². The van der Waals surface area contributed by atoms with Gasteiger partial charge in [-0.1, -0.05) is 83.5 Å². The Kier molecular flexibility index (Phi) is 19.2. The molecule has 0 radical (unpaired) electrons. The van der Waals surface area contributed by atoms with Crippen LogP contribution in [0.15, 0.2) is 18.2 Å². The molecule has 0 amide bonds. The van der Waals surface area contributed by atoms with E-state index >= 15 is 0 Å². The molecule has 1 atom stereocenters. The average Bonchev–Trinajstić information content (AvgIpc) is 2.86. The molecule has 37 heavy (non-hydrogen) atoms. The van der Waals surface area contributed by atoms with E-state index < -0.39 is 24.5 Å². The van der Waals surface area contributed by atoms with E-state index in [-0.39, 0.29) is 31.8 Å². The summed E-state index contributed by atoms with van der Waals surface area (Å²) < 4.78 is 60.9. The van der Waals surface area contributed by atoms with Crippen molar-refractivity contribution in [3.05, 3.63) is 35.1 Å². The minimum absolute atomic E-state index is 0.107. The molecule has 0 fully saturated rings. The second-order valence-corrected chi connectivity index (χ2v) is 9.82. The van der Waals surface area contributed by atoms with Crippen LogP contribution < -0.4 is 0 Å². The van der Waals surface area contributed by atoms with Crippen LogP contribution in [0.4, 0.5) is 17.6 Å². The van der Waals surface area contributed by atoms with Gasteiger partial charge < -0.3 is 14.6 Å². The summed E-state index contributed by atoms with van der Waals surface area (Å²) in [7, 11) is 0. The molecule has 212 valence electrons. The Morgan fingerprint density at radius 1 is 0.784 bits per heavy atom. The Morgan fingerprint density at radius 2 is 1.30 bits per heavy atom. The van der Waals surface area contributed by atoms with Gasteiger partial charge in [0.2, 0.25) is 0 Å². The first-order chi connectivity index (χ1) is 17.8. The number of aliphatic hydroxyl groups excluding tert-OH is 1. The molecule has 1 aromatic rings. The molecule has 0 saturated carbocycles. The highest BCUT2D eigenvalue weighted by Crippen LogP contribution is 2.23. The largest absolute Gasteiger partial charge is 0.394 e. The van der Waals surface area contributed by atoms with E-state index in [2.05, 4.69) is 0 Å². The summed E-state index contributed by atoms with van der Waals surface area (Å²) in [6.45, 7) is 0.802. The number of nitrogens with zero attached hydrogens (tertiary/aromatic N) is 1. The summed E-state index contributed by atoms with van der Waals surface area (Å²) in [6.07, 6.45) is 10.8. The molecule has 0 saturated heterocycles. The highest BCUT2D eigenvalue weighted by Gasteiger charge is 2.25. The Bertz CT molecular complexity index is 737. The third-order valence-electron chi connectivity index (χ3n) is 6.33. The van der Waals surface area contributed by atoms with Gasteiger partial charge in [0.25, 0.3) is 0 Å². The lowest BCUT2D eigenvalue weighted by molar-refractivity contribution is -0.135. The summed E-state index contributed by atoms with van der Waals surface area (Å²) >= 11 is 0. The summed E-state index contributed by atoms with van der Waals surface area (Å²) in [6, 6.07) is 5.96. The molecule has 8 heteroatoms. The Hall–Kier alpha value is -1.69. The first-order valence-electron chi connectivity index (χ1n) is 13.9. The normalized spacial score (nSPS) is 12.5. The van der Waals surface area contributed by atoms with Crippen LogP contribution in [0, 0.1) is 17.1 Å². The number of hydrogen-bond donors (Lipinski definition) is 1. The highest BCUT2D eigenvalue weighted by molar-refractivity contribution is 5.33. The fourth-order valence-corrected chi connectivity index (χ4v) is 4.21. The van der Waals surface area contributed by atoms with Crippen molar-refractivity contribution in [1.29, 1.82) is 5.26 Å². The van der Waals surface area contributed by atoms with Gasteiger partial charge in [-0.05, 0) is 36.6 Å². The zero-order valence-corrected chi connectivity index (χ0v) is 22.2. The van der Waals surface area contributed by atoms with Crippen molar-refractivity contribution in [3.63, 3.8) is 0 Å². The van der Waals surface area contributed by atoms with Gasteiger partial charge in [-0.3, -0.25) is 0 Å². The first-order valence-corrected chi connectivity index (χ1v) is 13.9. The first kappa shape index (κ1) is 33.3. The SMILES string of the molecule is N#Cc1cc(F)cc(CO[C@@H](CO)COCCCCCCCCCCCCCCCCCC(F)(F)F)c1. The minimum atomic E-state index is -4.00.